The lowest BCUT2D eigenvalue weighted by atomic mass is 9.80. The first-order valence-electron chi connectivity index (χ1n) is 7.53. The third-order valence-electron chi connectivity index (χ3n) is 4.07. The first-order valence-corrected chi connectivity index (χ1v) is 7.53. The lowest BCUT2D eigenvalue weighted by Crippen LogP contribution is -2.36. The Bertz CT molecular complexity index is 391. The molecule has 110 valence electrons. The molecule has 0 spiro atoms. The van der Waals surface area contributed by atoms with Crippen LogP contribution >= 0.6 is 0 Å². The zero-order valence-electron chi connectivity index (χ0n) is 12.2. The standard InChI is InChI=1S/C15H24BNO3/c1-2-17(14-5-3-4-6-14)11-12-20-15-9-7-13(8-10-15)16(18)19/h7-10,14,18-19H,2-6,11-12H2,1H3. The van der Waals surface area contributed by atoms with Crippen molar-refractivity contribution in [3.05, 3.63) is 24.3 Å². The number of nitrogens with zero attached hydrogens (tertiary/aromatic N) is 1. The van der Waals surface area contributed by atoms with Crippen molar-refractivity contribution in [2.75, 3.05) is 19.7 Å². The largest absolute Gasteiger partial charge is 0.492 e. The number of hydrogen-bond acceptors (Lipinski definition) is 4. The molecule has 1 aromatic rings. The van der Waals surface area contributed by atoms with E-state index in [1.54, 1.807) is 24.3 Å². The molecule has 2 rings (SSSR count). The lowest BCUT2D eigenvalue weighted by Gasteiger charge is -2.27. The van der Waals surface area contributed by atoms with Crippen molar-refractivity contribution in [3.63, 3.8) is 0 Å². The average Bonchev–Trinajstić information content (AvgIpc) is 2.98. The van der Waals surface area contributed by atoms with Crippen LogP contribution in [0.1, 0.15) is 32.6 Å². The number of hydrogen-bond donors (Lipinski definition) is 2. The van der Waals surface area contributed by atoms with E-state index in [-0.39, 0.29) is 0 Å². The van der Waals surface area contributed by atoms with Crippen LogP contribution in [0, 0.1) is 0 Å². The van der Waals surface area contributed by atoms with Crippen molar-refractivity contribution < 1.29 is 14.8 Å². The molecule has 1 aliphatic carbocycles. The second kappa shape index (κ2) is 7.67. The summed E-state index contributed by atoms with van der Waals surface area (Å²) in [5.41, 5.74) is 0.485. The SMILES string of the molecule is CCN(CCOc1ccc(B(O)O)cc1)C1CCCC1. The predicted molar refractivity (Wildman–Crippen MR) is 81.3 cm³/mol. The molecule has 0 unspecified atom stereocenters. The van der Waals surface area contributed by atoms with E-state index in [1.807, 2.05) is 0 Å². The van der Waals surface area contributed by atoms with Crippen LogP contribution in [0.15, 0.2) is 24.3 Å². The molecule has 0 radical (unpaired) electrons. The summed E-state index contributed by atoms with van der Waals surface area (Å²) in [5, 5.41) is 18.0. The molecular weight excluding hydrogens is 253 g/mol. The van der Waals surface area contributed by atoms with E-state index in [9.17, 15) is 0 Å². The Kier molecular flexibility index (Phi) is 5.89. The Hall–Kier alpha value is -1.04. The van der Waals surface area contributed by atoms with E-state index in [0.29, 0.717) is 12.1 Å². The molecule has 0 atom stereocenters. The zero-order valence-corrected chi connectivity index (χ0v) is 12.2. The fraction of sp³-hybridized carbons (Fsp3) is 0.600. The molecule has 5 heteroatoms. The summed E-state index contributed by atoms with van der Waals surface area (Å²) in [6.07, 6.45) is 5.34. The minimum atomic E-state index is -1.41. The van der Waals surface area contributed by atoms with Crippen LogP contribution in [-0.4, -0.2) is 47.8 Å². The second-order valence-corrected chi connectivity index (χ2v) is 5.36. The Balaban J connectivity index is 1.76. The van der Waals surface area contributed by atoms with Crippen molar-refractivity contribution in [1.82, 2.24) is 4.90 Å². The van der Waals surface area contributed by atoms with Crippen LogP contribution in [0.25, 0.3) is 0 Å². The summed E-state index contributed by atoms with van der Waals surface area (Å²) in [6.45, 7) is 4.90. The van der Waals surface area contributed by atoms with Gasteiger partial charge in [0.05, 0.1) is 0 Å². The van der Waals surface area contributed by atoms with Gasteiger partial charge in [-0.05, 0) is 37.0 Å². The van der Waals surface area contributed by atoms with Gasteiger partial charge in [0.25, 0.3) is 0 Å². The number of rotatable bonds is 7. The van der Waals surface area contributed by atoms with Crippen LogP contribution in [0.4, 0.5) is 0 Å². The lowest BCUT2D eigenvalue weighted by molar-refractivity contribution is 0.168. The fourth-order valence-electron chi connectivity index (χ4n) is 2.89. The molecule has 0 aromatic heterocycles. The van der Waals surface area contributed by atoms with E-state index < -0.39 is 7.12 Å². The van der Waals surface area contributed by atoms with Crippen molar-refractivity contribution in [2.24, 2.45) is 0 Å². The van der Waals surface area contributed by atoms with Gasteiger partial charge in [-0.2, -0.15) is 0 Å². The van der Waals surface area contributed by atoms with Gasteiger partial charge < -0.3 is 14.8 Å². The zero-order chi connectivity index (χ0) is 14.4. The molecule has 2 N–H and O–H groups in total. The third kappa shape index (κ3) is 4.23. The van der Waals surface area contributed by atoms with Gasteiger partial charge in [0.15, 0.2) is 0 Å². The Morgan fingerprint density at radius 3 is 2.40 bits per heavy atom. The Morgan fingerprint density at radius 1 is 1.20 bits per heavy atom. The number of ether oxygens (including phenoxy) is 1. The van der Waals surface area contributed by atoms with Crippen molar-refractivity contribution in [3.8, 4) is 5.75 Å². The van der Waals surface area contributed by atoms with Gasteiger partial charge in [-0.3, -0.25) is 4.90 Å². The highest BCUT2D eigenvalue weighted by Crippen LogP contribution is 2.23. The molecule has 1 aliphatic rings. The van der Waals surface area contributed by atoms with E-state index in [4.69, 9.17) is 14.8 Å². The predicted octanol–water partition coefficient (Wildman–Crippen LogP) is 1.01. The van der Waals surface area contributed by atoms with E-state index in [0.717, 1.165) is 24.9 Å². The number of benzene rings is 1. The highest BCUT2D eigenvalue weighted by Gasteiger charge is 2.20. The van der Waals surface area contributed by atoms with Crippen molar-refractivity contribution >= 4 is 12.6 Å². The Labute approximate surface area is 121 Å². The van der Waals surface area contributed by atoms with Gasteiger partial charge in [0.2, 0.25) is 0 Å². The van der Waals surface area contributed by atoms with Crippen LogP contribution in [0.2, 0.25) is 0 Å². The monoisotopic (exact) mass is 277 g/mol. The van der Waals surface area contributed by atoms with Crippen LogP contribution in [-0.2, 0) is 0 Å². The molecule has 0 bridgehead atoms. The van der Waals surface area contributed by atoms with Crippen molar-refractivity contribution in [2.45, 2.75) is 38.6 Å². The maximum Gasteiger partial charge on any atom is 0.488 e. The summed E-state index contributed by atoms with van der Waals surface area (Å²) < 4.78 is 5.73. The molecule has 0 aliphatic heterocycles. The molecule has 0 heterocycles. The normalized spacial score (nSPS) is 15.8. The fourth-order valence-corrected chi connectivity index (χ4v) is 2.89. The number of likely N-dealkylation sites (N-methyl/N-ethyl adjacent to an activating group) is 1. The van der Waals surface area contributed by atoms with Crippen LogP contribution in [0.5, 0.6) is 5.75 Å². The molecule has 0 amide bonds. The molecule has 20 heavy (non-hydrogen) atoms. The first-order chi connectivity index (χ1) is 9.70. The van der Waals surface area contributed by atoms with Gasteiger partial charge in [0.1, 0.15) is 12.4 Å². The molecule has 1 fully saturated rings. The smallest absolute Gasteiger partial charge is 0.488 e. The van der Waals surface area contributed by atoms with Crippen LogP contribution < -0.4 is 10.2 Å². The highest BCUT2D eigenvalue weighted by molar-refractivity contribution is 6.58. The minimum Gasteiger partial charge on any atom is -0.492 e. The third-order valence-corrected chi connectivity index (χ3v) is 4.07. The summed E-state index contributed by atoms with van der Waals surface area (Å²) >= 11 is 0. The maximum atomic E-state index is 9.02. The second-order valence-electron chi connectivity index (χ2n) is 5.36. The summed E-state index contributed by atoms with van der Waals surface area (Å²) in [7, 11) is -1.41. The summed E-state index contributed by atoms with van der Waals surface area (Å²) in [5.74, 6) is 0.775. The molecule has 1 saturated carbocycles. The molecule has 1 aromatic carbocycles. The summed E-state index contributed by atoms with van der Waals surface area (Å²) in [4.78, 5) is 2.50. The van der Waals surface area contributed by atoms with Gasteiger partial charge in [0, 0.05) is 12.6 Å². The molecule has 4 nitrogen and oxygen atoms in total. The highest BCUT2D eigenvalue weighted by atomic mass is 16.5. The topological polar surface area (TPSA) is 52.9 Å². The van der Waals surface area contributed by atoms with Crippen LogP contribution in [0.3, 0.4) is 0 Å². The minimum absolute atomic E-state index is 0.485. The van der Waals surface area contributed by atoms with E-state index >= 15 is 0 Å². The van der Waals surface area contributed by atoms with Gasteiger partial charge in [-0.1, -0.05) is 31.9 Å². The molecule has 0 saturated heterocycles. The van der Waals surface area contributed by atoms with Crippen molar-refractivity contribution in [1.29, 1.82) is 0 Å². The molecular formula is C15H24BNO3. The maximum absolute atomic E-state index is 9.02. The quantitative estimate of drug-likeness (QED) is 0.730. The Morgan fingerprint density at radius 2 is 1.85 bits per heavy atom. The van der Waals surface area contributed by atoms with Gasteiger partial charge in [-0.25, -0.2) is 0 Å². The average molecular weight is 277 g/mol. The summed E-state index contributed by atoms with van der Waals surface area (Å²) in [6, 6.07) is 7.64. The van der Waals surface area contributed by atoms with Gasteiger partial charge in [-0.15, -0.1) is 0 Å². The first kappa shape index (κ1) is 15.4. The van der Waals surface area contributed by atoms with E-state index in [2.05, 4.69) is 11.8 Å². The van der Waals surface area contributed by atoms with E-state index in [1.165, 1.54) is 25.7 Å². The van der Waals surface area contributed by atoms with Gasteiger partial charge >= 0.3 is 7.12 Å².